The monoisotopic (exact) mass is 294 g/mol. The average Bonchev–Trinajstić information content (AvgIpc) is 2.47. The standard InChI is InChI=1S/C16H26N2O3/c1-6-17-12(2)9-16(19)18(3)11-13-7-8-14(20-4)15(10-13)21-5/h7-8,10,12,17H,6,9,11H2,1-5H3. The fraction of sp³-hybridized carbons (Fsp3) is 0.562. The number of carbonyl (C=O) groups excluding carboxylic acids is 1. The van der Waals surface area contributed by atoms with Crippen LogP contribution in [0.3, 0.4) is 0 Å². The van der Waals surface area contributed by atoms with Gasteiger partial charge in [0.15, 0.2) is 11.5 Å². The third kappa shape index (κ3) is 5.27. The number of amides is 1. The molecule has 0 aromatic heterocycles. The summed E-state index contributed by atoms with van der Waals surface area (Å²) >= 11 is 0. The first-order chi connectivity index (χ1) is 10.0. The third-order valence-electron chi connectivity index (χ3n) is 3.33. The van der Waals surface area contributed by atoms with Crippen LogP contribution < -0.4 is 14.8 Å². The number of rotatable bonds is 8. The number of hydrogen-bond acceptors (Lipinski definition) is 4. The summed E-state index contributed by atoms with van der Waals surface area (Å²) in [7, 11) is 5.03. The molecule has 5 nitrogen and oxygen atoms in total. The van der Waals surface area contributed by atoms with Crippen molar-refractivity contribution in [1.82, 2.24) is 10.2 Å². The zero-order valence-electron chi connectivity index (χ0n) is 13.6. The van der Waals surface area contributed by atoms with Gasteiger partial charge in [-0.1, -0.05) is 13.0 Å². The molecule has 1 aromatic carbocycles. The van der Waals surface area contributed by atoms with Gasteiger partial charge in [0.1, 0.15) is 0 Å². The molecule has 0 radical (unpaired) electrons. The fourth-order valence-corrected chi connectivity index (χ4v) is 2.18. The molecule has 0 spiro atoms. The minimum Gasteiger partial charge on any atom is -0.493 e. The fourth-order valence-electron chi connectivity index (χ4n) is 2.18. The van der Waals surface area contributed by atoms with E-state index in [0.717, 1.165) is 12.1 Å². The summed E-state index contributed by atoms with van der Waals surface area (Å²) in [6.45, 7) is 5.48. The van der Waals surface area contributed by atoms with Crippen LogP contribution in [0.4, 0.5) is 0 Å². The summed E-state index contributed by atoms with van der Waals surface area (Å²) in [6.07, 6.45) is 0.498. The van der Waals surface area contributed by atoms with E-state index in [1.165, 1.54) is 0 Å². The van der Waals surface area contributed by atoms with E-state index in [0.29, 0.717) is 24.5 Å². The molecule has 1 N–H and O–H groups in total. The molecular formula is C16H26N2O3. The predicted octanol–water partition coefficient (Wildman–Crippen LogP) is 2.05. The number of benzene rings is 1. The maximum Gasteiger partial charge on any atom is 0.224 e. The van der Waals surface area contributed by atoms with Crippen LogP contribution in [0.25, 0.3) is 0 Å². The van der Waals surface area contributed by atoms with Crippen LogP contribution in [0.15, 0.2) is 18.2 Å². The SMILES string of the molecule is CCNC(C)CC(=O)N(C)Cc1ccc(OC)c(OC)c1. The zero-order valence-corrected chi connectivity index (χ0v) is 13.6. The summed E-state index contributed by atoms with van der Waals surface area (Å²) in [5, 5.41) is 3.24. The Labute approximate surface area is 127 Å². The Hall–Kier alpha value is -1.75. The number of ether oxygens (including phenoxy) is 2. The largest absolute Gasteiger partial charge is 0.493 e. The first-order valence-electron chi connectivity index (χ1n) is 7.20. The average molecular weight is 294 g/mol. The van der Waals surface area contributed by atoms with Crippen molar-refractivity contribution in [3.63, 3.8) is 0 Å². The normalized spacial score (nSPS) is 11.9. The van der Waals surface area contributed by atoms with Gasteiger partial charge in [0.2, 0.25) is 5.91 Å². The lowest BCUT2D eigenvalue weighted by molar-refractivity contribution is -0.130. The Morgan fingerprint density at radius 1 is 1.29 bits per heavy atom. The molecule has 1 aromatic rings. The molecule has 0 bridgehead atoms. The van der Waals surface area contributed by atoms with Gasteiger partial charge in [-0.25, -0.2) is 0 Å². The summed E-state index contributed by atoms with van der Waals surface area (Å²) in [5.74, 6) is 1.49. The lowest BCUT2D eigenvalue weighted by Crippen LogP contribution is -2.34. The number of nitrogens with one attached hydrogen (secondary N) is 1. The lowest BCUT2D eigenvalue weighted by Gasteiger charge is -2.20. The van der Waals surface area contributed by atoms with Crippen LogP contribution in [0, 0.1) is 0 Å². The van der Waals surface area contributed by atoms with Crippen molar-refractivity contribution in [3.05, 3.63) is 23.8 Å². The number of carbonyl (C=O) groups is 1. The second-order valence-electron chi connectivity index (χ2n) is 5.10. The van der Waals surface area contributed by atoms with Crippen LogP contribution in [0.2, 0.25) is 0 Å². The Balaban J connectivity index is 2.65. The topological polar surface area (TPSA) is 50.8 Å². The van der Waals surface area contributed by atoms with Gasteiger partial charge in [-0.3, -0.25) is 4.79 Å². The van der Waals surface area contributed by atoms with Crippen LogP contribution in [-0.4, -0.2) is 44.7 Å². The second kappa shape index (κ2) is 8.52. The molecule has 21 heavy (non-hydrogen) atoms. The number of methoxy groups -OCH3 is 2. The van der Waals surface area contributed by atoms with Gasteiger partial charge in [0, 0.05) is 26.1 Å². The zero-order chi connectivity index (χ0) is 15.8. The molecule has 5 heteroatoms. The van der Waals surface area contributed by atoms with E-state index in [9.17, 15) is 4.79 Å². The molecule has 0 aliphatic carbocycles. The van der Waals surface area contributed by atoms with E-state index in [2.05, 4.69) is 5.32 Å². The van der Waals surface area contributed by atoms with E-state index in [1.54, 1.807) is 19.1 Å². The molecule has 0 fully saturated rings. The van der Waals surface area contributed by atoms with Crippen LogP contribution in [-0.2, 0) is 11.3 Å². The van der Waals surface area contributed by atoms with Crippen molar-refractivity contribution in [2.45, 2.75) is 32.9 Å². The van der Waals surface area contributed by atoms with Gasteiger partial charge in [-0.05, 0) is 31.2 Å². The summed E-state index contributed by atoms with van der Waals surface area (Å²) in [5.41, 5.74) is 1.01. The molecule has 1 unspecified atom stereocenters. The molecule has 0 heterocycles. The van der Waals surface area contributed by atoms with Crippen molar-refractivity contribution in [3.8, 4) is 11.5 Å². The number of nitrogens with zero attached hydrogens (tertiary/aromatic N) is 1. The van der Waals surface area contributed by atoms with Crippen molar-refractivity contribution in [2.75, 3.05) is 27.8 Å². The second-order valence-corrected chi connectivity index (χ2v) is 5.10. The highest BCUT2D eigenvalue weighted by Crippen LogP contribution is 2.27. The Kier molecular flexibility index (Phi) is 7.02. The maximum atomic E-state index is 12.1. The molecule has 118 valence electrons. The highest BCUT2D eigenvalue weighted by molar-refractivity contribution is 5.76. The quantitative estimate of drug-likeness (QED) is 0.797. The molecule has 0 aliphatic heterocycles. The molecule has 0 saturated carbocycles. The molecule has 1 atom stereocenters. The Morgan fingerprint density at radius 2 is 1.95 bits per heavy atom. The minimum absolute atomic E-state index is 0.123. The van der Waals surface area contributed by atoms with E-state index in [-0.39, 0.29) is 11.9 Å². The van der Waals surface area contributed by atoms with E-state index in [1.807, 2.05) is 39.1 Å². The molecular weight excluding hydrogens is 268 g/mol. The minimum atomic E-state index is 0.123. The number of hydrogen-bond donors (Lipinski definition) is 1. The van der Waals surface area contributed by atoms with Gasteiger partial charge in [0.05, 0.1) is 14.2 Å². The van der Waals surface area contributed by atoms with Crippen molar-refractivity contribution < 1.29 is 14.3 Å². The Bertz CT molecular complexity index is 463. The van der Waals surface area contributed by atoms with Gasteiger partial charge in [-0.15, -0.1) is 0 Å². The Morgan fingerprint density at radius 3 is 2.52 bits per heavy atom. The first-order valence-corrected chi connectivity index (χ1v) is 7.20. The highest BCUT2D eigenvalue weighted by atomic mass is 16.5. The summed E-state index contributed by atoms with van der Waals surface area (Å²) in [4.78, 5) is 13.9. The third-order valence-corrected chi connectivity index (χ3v) is 3.33. The van der Waals surface area contributed by atoms with Gasteiger partial charge < -0.3 is 19.7 Å². The molecule has 1 rings (SSSR count). The van der Waals surface area contributed by atoms with E-state index in [4.69, 9.17) is 9.47 Å². The first kappa shape index (κ1) is 17.3. The van der Waals surface area contributed by atoms with Gasteiger partial charge in [-0.2, -0.15) is 0 Å². The predicted molar refractivity (Wildman–Crippen MR) is 83.8 cm³/mol. The summed E-state index contributed by atoms with van der Waals surface area (Å²) in [6, 6.07) is 5.89. The van der Waals surface area contributed by atoms with Crippen molar-refractivity contribution in [2.24, 2.45) is 0 Å². The van der Waals surface area contributed by atoms with E-state index < -0.39 is 0 Å². The molecule has 0 aliphatic rings. The molecule has 0 saturated heterocycles. The van der Waals surface area contributed by atoms with Crippen LogP contribution in [0.1, 0.15) is 25.8 Å². The maximum absolute atomic E-state index is 12.1. The highest BCUT2D eigenvalue weighted by Gasteiger charge is 2.14. The summed E-state index contributed by atoms with van der Waals surface area (Å²) < 4.78 is 10.5. The van der Waals surface area contributed by atoms with Gasteiger partial charge >= 0.3 is 0 Å². The van der Waals surface area contributed by atoms with E-state index >= 15 is 0 Å². The van der Waals surface area contributed by atoms with Crippen molar-refractivity contribution >= 4 is 5.91 Å². The van der Waals surface area contributed by atoms with Crippen LogP contribution in [0.5, 0.6) is 11.5 Å². The smallest absolute Gasteiger partial charge is 0.224 e. The van der Waals surface area contributed by atoms with Crippen LogP contribution >= 0.6 is 0 Å². The van der Waals surface area contributed by atoms with Gasteiger partial charge in [0.25, 0.3) is 0 Å². The lowest BCUT2D eigenvalue weighted by atomic mass is 10.1. The van der Waals surface area contributed by atoms with Crippen molar-refractivity contribution in [1.29, 1.82) is 0 Å². The molecule has 1 amide bonds.